The first-order valence-electron chi connectivity index (χ1n) is 7.02. The second-order valence-corrected chi connectivity index (χ2v) is 8.63. The van der Waals surface area contributed by atoms with Crippen LogP contribution in [0.15, 0.2) is 29.2 Å². The van der Waals surface area contributed by atoms with Crippen LogP contribution in [0, 0.1) is 0 Å². The van der Waals surface area contributed by atoms with Gasteiger partial charge in [0, 0.05) is 29.8 Å². The Bertz CT molecular complexity index is 636. The standard InChI is InChI=1S/C15H21NO4S2/c1-15(22(3,18)19,16-8-10-20-11-9-16)14(17)12-4-6-13(21-2)7-5-12/h4-7H,8-11H2,1-3H3. The van der Waals surface area contributed by atoms with Gasteiger partial charge >= 0.3 is 0 Å². The molecule has 1 aliphatic heterocycles. The van der Waals surface area contributed by atoms with Crippen molar-refractivity contribution in [3.05, 3.63) is 29.8 Å². The number of nitrogens with zero attached hydrogens (tertiary/aromatic N) is 1. The Morgan fingerprint density at radius 2 is 1.77 bits per heavy atom. The highest BCUT2D eigenvalue weighted by Crippen LogP contribution is 2.28. The topological polar surface area (TPSA) is 63.7 Å². The lowest BCUT2D eigenvalue weighted by Gasteiger charge is -2.40. The van der Waals surface area contributed by atoms with Crippen molar-refractivity contribution in [2.45, 2.75) is 16.7 Å². The highest BCUT2D eigenvalue weighted by Gasteiger charge is 2.49. The molecule has 0 aliphatic carbocycles. The molecular formula is C15H21NO4S2. The summed E-state index contributed by atoms with van der Waals surface area (Å²) in [6.45, 7) is 3.22. The molecular weight excluding hydrogens is 322 g/mol. The fraction of sp³-hybridized carbons (Fsp3) is 0.533. The third-order valence-corrected chi connectivity index (χ3v) is 6.74. The monoisotopic (exact) mass is 343 g/mol. The maximum Gasteiger partial charge on any atom is 0.198 e. The second kappa shape index (κ2) is 6.70. The van der Waals surface area contributed by atoms with E-state index in [2.05, 4.69) is 0 Å². The molecule has 0 saturated carbocycles. The van der Waals surface area contributed by atoms with E-state index in [1.807, 2.05) is 18.4 Å². The van der Waals surface area contributed by atoms with Gasteiger partial charge in [-0.15, -0.1) is 11.8 Å². The summed E-state index contributed by atoms with van der Waals surface area (Å²) in [6.07, 6.45) is 3.07. The molecule has 1 heterocycles. The number of benzene rings is 1. The maximum absolute atomic E-state index is 12.9. The zero-order valence-corrected chi connectivity index (χ0v) is 14.7. The number of ketones is 1. The molecule has 0 radical (unpaired) electrons. The minimum absolute atomic E-state index is 0.385. The Balaban J connectivity index is 2.41. The molecule has 2 rings (SSSR count). The van der Waals surface area contributed by atoms with Crippen molar-refractivity contribution in [2.75, 3.05) is 38.8 Å². The molecule has 1 aromatic rings. The molecule has 7 heteroatoms. The quantitative estimate of drug-likeness (QED) is 0.599. The number of carbonyl (C=O) groups excluding carboxylic acids is 1. The van der Waals surface area contributed by atoms with E-state index in [4.69, 9.17) is 4.74 Å². The van der Waals surface area contributed by atoms with E-state index in [9.17, 15) is 13.2 Å². The Labute approximate surface area is 135 Å². The largest absolute Gasteiger partial charge is 0.379 e. The lowest BCUT2D eigenvalue weighted by atomic mass is 10.0. The number of hydrogen-bond acceptors (Lipinski definition) is 6. The van der Waals surface area contributed by atoms with Gasteiger partial charge in [0.1, 0.15) is 0 Å². The average molecular weight is 343 g/mol. The van der Waals surface area contributed by atoms with Crippen molar-refractivity contribution in [3.8, 4) is 0 Å². The van der Waals surface area contributed by atoms with Crippen LogP contribution < -0.4 is 0 Å². The summed E-state index contributed by atoms with van der Waals surface area (Å²) >= 11 is 1.57. The van der Waals surface area contributed by atoms with Gasteiger partial charge < -0.3 is 4.74 Å². The number of sulfone groups is 1. The Morgan fingerprint density at radius 1 is 1.23 bits per heavy atom. The Kier molecular flexibility index (Phi) is 5.32. The number of Topliss-reactive ketones (excluding diaryl/α,β-unsaturated/α-hetero) is 1. The van der Waals surface area contributed by atoms with Crippen LogP contribution in [0.5, 0.6) is 0 Å². The van der Waals surface area contributed by atoms with Crippen LogP contribution in [0.3, 0.4) is 0 Å². The number of thioether (sulfide) groups is 1. The summed E-state index contributed by atoms with van der Waals surface area (Å²) in [4.78, 5) is 14.1. The number of carbonyl (C=O) groups is 1. The van der Waals surface area contributed by atoms with Crippen LogP contribution in [0.25, 0.3) is 0 Å². The van der Waals surface area contributed by atoms with E-state index in [1.54, 1.807) is 28.8 Å². The van der Waals surface area contributed by atoms with Crippen LogP contribution in [0.2, 0.25) is 0 Å². The molecule has 1 aliphatic rings. The first-order chi connectivity index (χ1) is 10.3. The van der Waals surface area contributed by atoms with Gasteiger partial charge in [-0.1, -0.05) is 12.1 Å². The van der Waals surface area contributed by atoms with Crippen molar-refractivity contribution in [2.24, 2.45) is 0 Å². The first-order valence-corrected chi connectivity index (χ1v) is 10.1. The fourth-order valence-corrected chi connectivity index (χ4v) is 4.06. The summed E-state index contributed by atoms with van der Waals surface area (Å²) in [5.41, 5.74) is 0.414. The fourth-order valence-electron chi connectivity index (χ4n) is 2.55. The van der Waals surface area contributed by atoms with Crippen LogP contribution in [-0.2, 0) is 14.6 Å². The van der Waals surface area contributed by atoms with Gasteiger partial charge in [0.05, 0.1) is 13.2 Å². The lowest BCUT2D eigenvalue weighted by molar-refractivity contribution is 0.0115. The van der Waals surface area contributed by atoms with E-state index in [1.165, 1.54) is 6.92 Å². The molecule has 0 spiro atoms. The number of rotatable bonds is 5. The molecule has 1 fully saturated rings. The number of morpholine rings is 1. The zero-order chi connectivity index (χ0) is 16.4. The van der Waals surface area contributed by atoms with Crippen molar-refractivity contribution in [3.63, 3.8) is 0 Å². The molecule has 1 aromatic carbocycles. The summed E-state index contributed by atoms with van der Waals surface area (Å²) in [5, 5.41) is 0. The van der Waals surface area contributed by atoms with Crippen LogP contribution in [0.1, 0.15) is 17.3 Å². The average Bonchev–Trinajstić information content (AvgIpc) is 2.53. The summed E-state index contributed by atoms with van der Waals surface area (Å²) in [5.74, 6) is -0.385. The molecule has 0 amide bonds. The SMILES string of the molecule is CSc1ccc(C(=O)C(C)(N2CCOCC2)S(C)(=O)=O)cc1. The van der Waals surface area contributed by atoms with E-state index >= 15 is 0 Å². The molecule has 0 bridgehead atoms. The third-order valence-electron chi connectivity index (χ3n) is 4.11. The van der Waals surface area contributed by atoms with Gasteiger partial charge in [0.2, 0.25) is 0 Å². The molecule has 1 saturated heterocycles. The van der Waals surface area contributed by atoms with Gasteiger partial charge in [0.15, 0.2) is 20.5 Å². The maximum atomic E-state index is 12.9. The van der Waals surface area contributed by atoms with Gasteiger partial charge in [-0.25, -0.2) is 8.42 Å². The van der Waals surface area contributed by atoms with E-state index in [0.717, 1.165) is 11.2 Å². The van der Waals surface area contributed by atoms with Gasteiger partial charge in [-0.05, 0) is 25.3 Å². The van der Waals surface area contributed by atoms with E-state index in [0.29, 0.717) is 31.9 Å². The second-order valence-electron chi connectivity index (χ2n) is 5.41. The van der Waals surface area contributed by atoms with Crippen LogP contribution in [0.4, 0.5) is 0 Å². The highest BCUT2D eigenvalue weighted by molar-refractivity contribution is 7.98. The minimum atomic E-state index is -3.61. The normalized spacial score (nSPS) is 19.6. The molecule has 0 N–H and O–H groups in total. The molecule has 122 valence electrons. The molecule has 22 heavy (non-hydrogen) atoms. The van der Waals surface area contributed by atoms with Crippen molar-refractivity contribution < 1.29 is 17.9 Å². The van der Waals surface area contributed by atoms with Gasteiger partial charge in [0.25, 0.3) is 0 Å². The lowest BCUT2D eigenvalue weighted by Crippen LogP contribution is -2.60. The Hall–Kier alpha value is -0.890. The molecule has 1 atom stereocenters. The molecule has 1 unspecified atom stereocenters. The highest BCUT2D eigenvalue weighted by atomic mass is 32.2. The summed E-state index contributed by atoms with van der Waals surface area (Å²) in [7, 11) is -3.61. The zero-order valence-electron chi connectivity index (χ0n) is 13.0. The van der Waals surface area contributed by atoms with Crippen molar-refractivity contribution in [1.29, 1.82) is 0 Å². The van der Waals surface area contributed by atoms with Crippen LogP contribution >= 0.6 is 11.8 Å². The minimum Gasteiger partial charge on any atom is -0.379 e. The van der Waals surface area contributed by atoms with Gasteiger partial charge in [-0.2, -0.15) is 0 Å². The van der Waals surface area contributed by atoms with Crippen LogP contribution in [-0.4, -0.2) is 62.8 Å². The van der Waals surface area contributed by atoms with Gasteiger partial charge in [-0.3, -0.25) is 9.69 Å². The smallest absolute Gasteiger partial charge is 0.198 e. The van der Waals surface area contributed by atoms with E-state index < -0.39 is 14.7 Å². The third kappa shape index (κ3) is 3.22. The molecule has 0 aromatic heterocycles. The molecule has 5 nitrogen and oxygen atoms in total. The van der Waals surface area contributed by atoms with Crippen molar-refractivity contribution >= 4 is 27.4 Å². The van der Waals surface area contributed by atoms with Crippen molar-refractivity contribution in [1.82, 2.24) is 4.90 Å². The van der Waals surface area contributed by atoms with E-state index in [-0.39, 0.29) is 5.78 Å². The first kappa shape index (κ1) is 17.5. The number of ether oxygens (including phenoxy) is 1. The number of hydrogen-bond donors (Lipinski definition) is 0. The predicted octanol–water partition coefficient (Wildman–Crippen LogP) is 1.68. The predicted molar refractivity (Wildman–Crippen MR) is 88.2 cm³/mol. The summed E-state index contributed by atoms with van der Waals surface area (Å²) < 4.78 is 30.0. The Morgan fingerprint density at radius 3 is 2.23 bits per heavy atom. The summed E-state index contributed by atoms with van der Waals surface area (Å²) in [6, 6.07) is 7.05.